The number of aromatic nitrogens is 1. The van der Waals surface area contributed by atoms with Crippen LogP contribution in [-0.4, -0.2) is 24.1 Å². The molecule has 1 fully saturated rings. The molecule has 14 heavy (non-hydrogen) atoms. The van der Waals surface area contributed by atoms with Crippen LogP contribution in [0.5, 0.6) is 0 Å². The summed E-state index contributed by atoms with van der Waals surface area (Å²) in [7, 11) is 0. The van der Waals surface area contributed by atoms with E-state index in [9.17, 15) is 0 Å². The fraction of sp³-hybridized carbons (Fsp3) is 0.667. The minimum atomic E-state index is 0.626. The molecule has 78 valence electrons. The molecule has 2 rings (SSSR count). The summed E-state index contributed by atoms with van der Waals surface area (Å²) in [6.45, 7) is 3.08. The zero-order valence-electron chi connectivity index (χ0n) is 7.92. The Balaban J connectivity index is 1.67. The maximum Gasteiger partial charge on any atom is 0.183 e. The molecule has 0 amide bonds. The molecule has 0 saturated carbocycles. The van der Waals surface area contributed by atoms with E-state index in [1.54, 1.807) is 11.3 Å². The van der Waals surface area contributed by atoms with E-state index in [2.05, 4.69) is 15.6 Å². The van der Waals surface area contributed by atoms with E-state index in [1.807, 2.05) is 6.20 Å². The minimum Gasteiger partial charge on any atom is -0.313 e. The molecule has 0 aliphatic carbocycles. The lowest BCUT2D eigenvalue weighted by Crippen LogP contribution is -2.33. The molecule has 2 N–H and O–H groups in total. The van der Waals surface area contributed by atoms with Crippen molar-refractivity contribution in [2.45, 2.75) is 25.4 Å². The molecule has 3 nitrogen and oxygen atoms in total. The quantitative estimate of drug-likeness (QED) is 0.828. The van der Waals surface area contributed by atoms with E-state index >= 15 is 0 Å². The van der Waals surface area contributed by atoms with Crippen LogP contribution in [0.15, 0.2) is 6.20 Å². The zero-order valence-corrected chi connectivity index (χ0v) is 9.50. The first-order chi connectivity index (χ1) is 6.84. The van der Waals surface area contributed by atoms with Crippen LogP contribution in [0.3, 0.4) is 0 Å². The summed E-state index contributed by atoms with van der Waals surface area (Å²) in [5, 5.41) is 6.85. The summed E-state index contributed by atoms with van der Waals surface area (Å²) in [5.41, 5.74) is 0. The monoisotopic (exact) mass is 231 g/mol. The summed E-state index contributed by atoms with van der Waals surface area (Å²) in [6.07, 6.45) is 4.43. The Hall–Kier alpha value is -0.160. The fourth-order valence-corrected chi connectivity index (χ4v) is 2.61. The van der Waals surface area contributed by atoms with Crippen LogP contribution in [0.1, 0.15) is 17.7 Å². The Bertz CT molecular complexity index is 283. The van der Waals surface area contributed by atoms with Gasteiger partial charge in [0.15, 0.2) is 4.47 Å². The third-order valence-electron chi connectivity index (χ3n) is 2.38. The number of hydrogen-bond acceptors (Lipinski definition) is 4. The normalized spacial score (nSPS) is 21.6. The summed E-state index contributed by atoms with van der Waals surface area (Å²) >= 11 is 7.28. The number of thiazole rings is 1. The van der Waals surface area contributed by atoms with Crippen molar-refractivity contribution in [1.29, 1.82) is 0 Å². The Kier molecular flexibility index (Phi) is 3.75. The van der Waals surface area contributed by atoms with Crippen LogP contribution < -0.4 is 10.6 Å². The second-order valence-electron chi connectivity index (χ2n) is 3.50. The first kappa shape index (κ1) is 10.4. The SMILES string of the molecule is Clc1ncc(CNC[C@@H]2CCCN2)s1. The van der Waals surface area contributed by atoms with Gasteiger partial charge in [0.05, 0.1) is 0 Å². The number of nitrogens with one attached hydrogen (secondary N) is 2. The van der Waals surface area contributed by atoms with Crippen molar-refractivity contribution in [2.24, 2.45) is 0 Å². The van der Waals surface area contributed by atoms with Crippen LogP contribution in [0.2, 0.25) is 4.47 Å². The molecule has 1 aromatic heterocycles. The van der Waals surface area contributed by atoms with Crippen molar-refractivity contribution < 1.29 is 0 Å². The smallest absolute Gasteiger partial charge is 0.183 e. The van der Waals surface area contributed by atoms with Crippen molar-refractivity contribution in [3.05, 3.63) is 15.5 Å². The topological polar surface area (TPSA) is 37.0 Å². The molecule has 1 aromatic rings. The van der Waals surface area contributed by atoms with Crippen LogP contribution in [0, 0.1) is 0 Å². The van der Waals surface area contributed by atoms with Gasteiger partial charge in [-0.15, -0.1) is 11.3 Å². The summed E-state index contributed by atoms with van der Waals surface area (Å²) in [5.74, 6) is 0. The third-order valence-corrected chi connectivity index (χ3v) is 3.49. The van der Waals surface area contributed by atoms with E-state index in [0.29, 0.717) is 10.5 Å². The van der Waals surface area contributed by atoms with Gasteiger partial charge < -0.3 is 10.6 Å². The molecule has 0 radical (unpaired) electrons. The molecular formula is C9H14ClN3S. The van der Waals surface area contributed by atoms with Crippen molar-refractivity contribution in [3.63, 3.8) is 0 Å². The van der Waals surface area contributed by atoms with Gasteiger partial charge in [-0.05, 0) is 19.4 Å². The average molecular weight is 232 g/mol. The van der Waals surface area contributed by atoms with Crippen molar-refractivity contribution >= 4 is 22.9 Å². The molecule has 2 heterocycles. The second kappa shape index (κ2) is 5.07. The van der Waals surface area contributed by atoms with Gasteiger partial charge in [-0.2, -0.15) is 0 Å². The van der Waals surface area contributed by atoms with E-state index in [4.69, 9.17) is 11.6 Å². The van der Waals surface area contributed by atoms with Gasteiger partial charge in [-0.1, -0.05) is 11.6 Å². The highest BCUT2D eigenvalue weighted by Crippen LogP contribution is 2.17. The first-order valence-corrected chi connectivity index (χ1v) is 6.08. The molecule has 1 aliphatic rings. The van der Waals surface area contributed by atoms with Crippen molar-refractivity contribution in [3.8, 4) is 0 Å². The average Bonchev–Trinajstić information content (AvgIpc) is 2.77. The summed E-state index contributed by atoms with van der Waals surface area (Å²) < 4.78 is 0.626. The van der Waals surface area contributed by atoms with Crippen LogP contribution in [0.25, 0.3) is 0 Å². The molecule has 0 bridgehead atoms. The number of rotatable bonds is 4. The van der Waals surface area contributed by atoms with E-state index < -0.39 is 0 Å². The third kappa shape index (κ3) is 2.92. The van der Waals surface area contributed by atoms with Gasteiger partial charge in [0, 0.05) is 30.2 Å². The van der Waals surface area contributed by atoms with Gasteiger partial charge in [0.25, 0.3) is 0 Å². The molecule has 1 atom stereocenters. The number of hydrogen-bond donors (Lipinski definition) is 2. The first-order valence-electron chi connectivity index (χ1n) is 4.89. The van der Waals surface area contributed by atoms with Crippen LogP contribution in [-0.2, 0) is 6.54 Å². The lowest BCUT2D eigenvalue weighted by molar-refractivity contribution is 0.537. The Morgan fingerprint density at radius 1 is 1.71 bits per heavy atom. The molecule has 5 heteroatoms. The fourth-order valence-electron chi connectivity index (χ4n) is 1.67. The van der Waals surface area contributed by atoms with E-state index in [-0.39, 0.29) is 0 Å². The lowest BCUT2D eigenvalue weighted by Gasteiger charge is -2.09. The van der Waals surface area contributed by atoms with E-state index in [1.165, 1.54) is 24.3 Å². The lowest BCUT2D eigenvalue weighted by atomic mass is 10.2. The van der Waals surface area contributed by atoms with Gasteiger partial charge in [-0.25, -0.2) is 4.98 Å². The molecule has 1 aliphatic heterocycles. The van der Waals surface area contributed by atoms with Gasteiger partial charge in [-0.3, -0.25) is 0 Å². The summed E-state index contributed by atoms with van der Waals surface area (Å²) in [6, 6.07) is 0.651. The summed E-state index contributed by atoms with van der Waals surface area (Å²) in [4.78, 5) is 5.20. The largest absolute Gasteiger partial charge is 0.313 e. The van der Waals surface area contributed by atoms with Crippen molar-refractivity contribution in [2.75, 3.05) is 13.1 Å². The molecule has 0 aromatic carbocycles. The molecule has 0 spiro atoms. The maximum absolute atomic E-state index is 5.73. The Labute approximate surface area is 92.9 Å². The number of nitrogens with zero attached hydrogens (tertiary/aromatic N) is 1. The predicted octanol–water partition coefficient (Wildman–Crippen LogP) is 1.64. The molecule has 0 unspecified atom stereocenters. The zero-order chi connectivity index (χ0) is 9.80. The highest BCUT2D eigenvalue weighted by Gasteiger charge is 2.12. The Morgan fingerprint density at radius 3 is 3.29 bits per heavy atom. The second-order valence-corrected chi connectivity index (χ2v) is 5.20. The highest BCUT2D eigenvalue weighted by molar-refractivity contribution is 7.15. The molecule has 1 saturated heterocycles. The number of halogens is 1. The van der Waals surface area contributed by atoms with Crippen LogP contribution in [0.4, 0.5) is 0 Å². The standard InChI is InChI=1S/C9H14ClN3S/c10-9-13-6-8(14-9)5-11-4-7-2-1-3-12-7/h6-7,11-12H,1-5H2/t7-/m0/s1. The van der Waals surface area contributed by atoms with Crippen molar-refractivity contribution in [1.82, 2.24) is 15.6 Å². The Morgan fingerprint density at radius 2 is 2.64 bits per heavy atom. The van der Waals surface area contributed by atoms with Gasteiger partial charge in [0.2, 0.25) is 0 Å². The molecular weight excluding hydrogens is 218 g/mol. The minimum absolute atomic E-state index is 0.626. The van der Waals surface area contributed by atoms with E-state index in [0.717, 1.165) is 13.1 Å². The highest BCUT2D eigenvalue weighted by atomic mass is 35.5. The van der Waals surface area contributed by atoms with Crippen LogP contribution >= 0.6 is 22.9 Å². The van der Waals surface area contributed by atoms with Gasteiger partial charge in [0.1, 0.15) is 0 Å². The maximum atomic E-state index is 5.73. The van der Waals surface area contributed by atoms with Gasteiger partial charge >= 0.3 is 0 Å². The predicted molar refractivity (Wildman–Crippen MR) is 59.9 cm³/mol.